The molecule has 0 aliphatic rings. The molecular weight excluding hydrogens is 1580 g/mol. The van der Waals surface area contributed by atoms with Gasteiger partial charge in [-0.25, -0.2) is 24.9 Å². The van der Waals surface area contributed by atoms with Gasteiger partial charge < -0.3 is 17.8 Å². The number of para-hydroxylation sites is 10. The molecule has 19 aromatic carbocycles. The number of rotatable bonds is 4. The van der Waals surface area contributed by atoms with Crippen LogP contribution in [0.25, 0.3) is 296 Å². The minimum absolute atomic E-state index is 0.862. The quantitative estimate of drug-likeness (QED) is 0.171. The summed E-state index contributed by atoms with van der Waals surface area (Å²) < 4.78 is 28.8. The van der Waals surface area contributed by atoms with Crippen molar-refractivity contribution in [3.8, 4) is 39.1 Å². The number of benzene rings is 19. The Morgan fingerprint density at radius 2 is 0.605 bits per heavy atom. The van der Waals surface area contributed by atoms with Crippen LogP contribution in [0.1, 0.15) is 0 Å². The molecule has 0 fully saturated rings. The van der Waals surface area contributed by atoms with E-state index in [1.807, 2.05) is 60.7 Å². The van der Waals surface area contributed by atoms with Crippen LogP contribution in [0.15, 0.2) is 395 Å². The Labute approximate surface area is 729 Å². The Morgan fingerprint density at radius 3 is 1.29 bits per heavy atom. The summed E-state index contributed by atoms with van der Waals surface area (Å²) in [5, 5.41) is 27.3. The van der Waals surface area contributed by atoms with Gasteiger partial charge in [0, 0.05) is 126 Å². The highest BCUT2D eigenvalue weighted by atomic mass is 16.3. The fourth-order valence-electron chi connectivity index (χ4n) is 21.8. The van der Waals surface area contributed by atoms with Crippen LogP contribution >= 0.6 is 0 Å². The van der Waals surface area contributed by atoms with Crippen molar-refractivity contribution in [1.29, 1.82) is 0 Å². The van der Waals surface area contributed by atoms with Gasteiger partial charge in [0.05, 0.1) is 71.7 Å². The molecule has 0 aliphatic carbocycles. The molecule has 129 heavy (non-hydrogen) atoms. The summed E-state index contributed by atoms with van der Waals surface area (Å²) in [5.41, 5.74) is 31.9. The first-order valence-electron chi connectivity index (χ1n) is 43.7. The van der Waals surface area contributed by atoms with Crippen molar-refractivity contribution >= 4 is 257 Å². The predicted molar refractivity (Wildman–Crippen MR) is 532 cm³/mol. The highest BCUT2D eigenvalue weighted by molar-refractivity contribution is 6.30. The van der Waals surface area contributed by atoms with E-state index in [-0.39, 0.29) is 0 Å². The monoisotopic (exact) mass is 1640 g/mol. The van der Waals surface area contributed by atoms with Crippen LogP contribution in [0.3, 0.4) is 0 Å². The second-order valence-electron chi connectivity index (χ2n) is 34.5. The van der Waals surface area contributed by atoms with Gasteiger partial charge in [-0.1, -0.05) is 237 Å². The summed E-state index contributed by atoms with van der Waals surface area (Å²) in [6, 6.07) is 136. The van der Waals surface area contributed by atoms with Gasteiger partial charge in [-0.3, -0.25) is 13.2 Å². The first kappa shape index (κ1) is 68.9. The van der Waals surface area contributed by atoms with Gasteiger partial charge >= 0.3 is 0 Å². The first-order chi connectivity index (χ1) is 63.9. The lowest BCUT2D eigenvalue weighted by atomic mass is 9.97. The summed E-state index contributed by atoms with van der Waals surface area (Å²) in [7, 11) is 0. The Bertz CT molecular complexity index is 10500. The minimum Gasteiger partial charge on any atom is -0.456 e. The number of hydrogen-bond acceptors (Lipinski definition) is 8. The van der Waals surface area contributed by atoms with Crippen molar-refractivity contribution in [2.24, 2.45) is 0 Å². The summed E-state index contributed by atoms with van der Waals surface area (Å²) in [6.07, 6.45) is 0. The van der Waals surface area contributed by atoms with E-state index in [9.17, 15) is 0 Å². The number of fused-ring (bicyclic) bond motifs is 35. The van der Waals surface area contributed by atoms with E-state index in [4.69, 9.17) is 38.2 Å². The van der Waals surface area contributed by atoms with Crippen LogP contribution < -0.4 is 0 Å². The molecule has 13 heterocycles. The average Bonchev–Trinajstić information content (AvgIpc) is 1.54. The molecule has 32 rings (SSSR count). The summed E-state index contributed by atoms with van der Waals surface area (Å²) in [6.45, 7) is 0. The van der Waals surface area contributed by atoms with Crippen molar-refractivity contribution in [3.63, 3.8) is 0 Å². The third-order valence-corrected chi connectivity index (χ3v) is 27.6. The molecule has 594 valence electrons. The molecule has 12 nitrogen and oxygen atoms in total. The molecule has 0 bridgehead atoms. The fraction of sp³-hybridized carbons (Fsp3) is 0. The van der Waals surface area contributed by atoms with E-state index in [0.717, 1.165) is 188 Å². The van der Waals surface area contributed by atoms with Gasteiger partial charge in [0.25, 0.3) is 0 Å². The third kappa shape index (κ3) is 9.71. The largest absolute Gasteiger partial charge is 0.456 e. The van der Waals surface area contributed by atoms with Crippen LogP contribution in [-0.2, 0) is 0 Å². The molecule has 12 heteroatoms. The Kier molecular flexibility index (Phi) is 13.6. The number of pyridine rings is 1. The van der Waals surface area contributed by atoms with E-state index in [1.165, 1.54) is 109 Å². The number of nitrogens with zero attached hydrogens (tertiary/aromatic N) is 9. The second kappa shape index (κ2) is 25.5. The molecule has 0 radical (unpaired) electrons. The van der Waals surface area contributed by atoms with Crippen LogP contribution in [0.4, 0.5) is 0 Å². The van der Waals surface area contributed by atoms with Gasteiger partial charge in [-0.05, 0) is 182 Å². The smallest absolute Gasteiger partial charge is 0.165 e. The van der Waals surface area contributed by atoms with E-state index >= 15 is 0 Å². The van der Waals surface area contributed by atoms with Crippen LogP contribution in [-0.4, -0.2) is 42.7 Å². The maximum atomic E-state index is 6.57. The zero-order valence-corrected chi connectivity index (χ0v) is 68.6. The summed E-state index contributed by atoms with van der Waals surface area (Å²) in [5.74, 6) is 0. The van der Waals surface area contributed by atoms with E-state index < -0.39 is 0 Å². The highest BCUT2D eigenvalue weighted by Crippen LogP contribution is 2.49. The fourth-order valence-corrected chi connectivity index (χ4v) is 21.8. The molecule has 0 saturated heterocycles. The normalized spacial score (nSPS) is 12.5. The predicted octanol–water partition coefficient (Wildman–Crippen LogP) is 31.0. The Hall–Kier alpha value is -17.6. The van der Waals surface area contributed by atoms with Crippen molar-refractivity contribution in [3.05, 3.63) is 382 Å². The van der Waals surface area contributed by atoms with E-state index in [1.54, 1.807) is 0 Å². The van der Waals surface area contributed by atoms with E-state index in [2.05, 4.69) is 339 Å². The number of furan rings is 3. The lowest BCUT2D eigenvalue weighted by Gasteiger charge is -2.09. The van der Waals surface area contributed by atoms with Gasteiger partial charge in [0.1, 0.15) is 50.2 Å². The molecule has 0 spiro atoms. The second-order valence-corrected chi connectivity index (χ2v) is 34.5. The van der Waals surface area contributed by atoms with Crippen molar-refractivity contribution in [2.45, 2.75) is 0 Å². The molecule has 0 amide bonds. The van der Waals surface area contributed by atoms with Gasteiger partial charge in [0.15, 0.2) is 11.3 Å². The topological polar surface area (TPSA) is 122 Å². The van der Waals surface area contributed by atoms with Crippen LogP contribution in [0.2, 0.25) is 0 Å². The lowest BCUT2D eigenvalue weighted by Crippen LogP contribution is -1.93. The first-order valence-corrected chi connectivity index (χ1v) is 43.7. The maximum absolute atomic E-state index is 6.57. The molecular formula is C117H63N9O3. The van der Waals surface area contributed by atoms with Gasteiger partial charge in [-0.2, -0.15) is 0 Å². The Balaban J connectivity index is 0.0000000943. The standard InChI is InChI=1S/C44H24N4O.C37H20N2O.C36H19N3O/c1-2-10-27(11-3-1)47-37-16-8-4-12-28(37)29-19-18-25(22-38(29)47)26-20-33-31-23-32-30-13-5-9-17-40(30)49-41(32)24-39(31)48-43(33)34(21-26)42-44(48)46-36-15-7-6-14-35(36)45-42;1-3-10-24-21(7-1)9-5-11-25(24)22-15-16-26-30-19-29-27-12-6-13-28-31-17-23-8-2-4-14-32(23)38-37(31)39(36(27)28)33(29)20-35(30)40-34(26)18-22;1-2-7-21-16-22(13-12-20(21)6-1)23-14-15-24-28-18-27-25-8-5-9-26-34-36(38-30-11-4-3-10-29(30)37-34)39(35(25)26)31(27)19-33(28)40-32(24)17-23/h1-24H;1-20H;1-19H. The molecule has 0 saturated carbocycles. The highest BCUT2D eigenvalue weighted by Gasteiger charge is 2.28. The Morgan fingerprint density at radius 1 is 0.178 bits per heavy atom. The maximum Gasteiger partial charge on any atom is 0.165 e. The molecule has 0 unspecified atom stereocenters. The molecule has 32 aromatic rings. The molecule has 13 aromatic heterocycles. The number of aromatic nitrogens is 9. The van der Waals surface area contributed by atoms with E-state index in [0.29, 0.717) is 0 Å². The minimum atomic E-state index is 0.862. The average molecular weight is 1640 g/mol. The van der Waals surface area contributed by atoms with Crippen LogP contribution in [0, 0.1) is 0 Å². The lowest BCUT2D eigenvalue weighted by molar-refractivity contribution is 0.669. The third-order valence-electron chi connectivity index (χ3n) is 27.6. The van der Waals surface area contributed by atoms with Crippen LogP contribution in [0.5, 0.6) is 0 Å². The van der Waals surface area contributed by atoms with Crippen molar-refractivity contribution < 1.29 is 13.3 Å². The molecule has 0 aliphatic heterocycles. The van der Waals surface area contributed by atoms with Crippen molar-refractivity contribution in [2.75, 3.05) is 0 Å². The van der Waals surface area contributed by atoms with Crippen molar-refractivity contribution in [1.82, 2.24) is 42.7 Å². The van der Waals surface area contributed by atoms with Gasteiger partial charge in [-0.15, -0.1) is 0 Å². The molecule has 0 atom stereocenters. The van der Waals surface area contributed by atoms with Gasteiger partial charge in [0.2, 0.25) is 0 Å². The zero-order chi connectivity index (χ0) is 83.7. The summed E-state index contributed by atoms with van der Waals surface area (Å²) in [4.78, 5) is 25.7. The number of hydrogen-bond donors (Lipinski definition) is 0. The zero-order valence-electron chi connectivity index (χ0n) is 68.6. The molecule has 0 N–H and O–H groups in total. The SMILES string of the molecule is c1ccc(-n2c3ccccc3c3ccc(-c4cc5c6cc7c(cc6n6c8nc9ccccc9nc8c(c4)c56)oc4ccccc47)cc32)cc1.c1ccc2cc(-c3ccc4c(c3)oc3cc5c(cc34)c3cccc4c6nc7ccccc7nc6n5c34)ccc2c1.c1ccc2nc3c(cc2c1)c1cccc2c4cc5c(cc4n3c21)oc1cc(-c2cccc3ccccc23)ccc15. The summed E-state index contributed by atoms with van der Waals surface area (Å²) >= 11 is 0.